The van der Waals surface area contributed by atoms with Gasteiger partial charge in [0.25, 0.3) is 0 Å². The average molecular weight is 321 g/mol. The van der Waals surface area contributed by atoms with E-state index in [4.69, 9.17) is 46.4 Å². The first-order chi connectivity index (χ1) is 8.54. The fraction of sp³-hybridized carbons (Fsp3) is 0. The number of rotatable bonds is 2. The molecule has 2 aromatic rings. The van der Waals surface area contributed by atoms with Gasteiger partial charge in [0.1, 0.15) is 0 Å². The number of nitrogens with zero attached hydrogens (tertiary/aromatic N) is 1. The quantitative estimate of drug-likeness (QED) is 0.564. The molecule has 0 atom stereocenters. The Balaban J connectivity index is 2.77. The Morgan fingerprint density at radius 2 is 1.67 bits per heavy atom. The fourth-order valence-electron chi connectivity index (χ4n) is 1.53. The highest BCUT2D eigenvalue weighted by Gasteiger charge is 2.14. The van der Waals surface area contributed by atoms with E-state index in [0.29, 0.717) is 38.0 Å². The number of aromatic nitrogens is 1. The lowest BCUT2D eigenvalue weighted by molar-refractivity contribution is 0.112. The molecule has 0 saturated heterocycles. The van der Waals surface area contributed by atoms with E-state index >= 15 is 0 Å². The van der Waals surface area contributed by atoms with Crippen molar-refractivity contribution in [2.45, 2.75) is 0 Å². The summed E-state index contributed by atoms with van der Waals surface area (Å²) in [6, 6.07) is 3.13. The molecule has 0 N–H and O–H groups in total. The van der Waals surface area contributed by atoms with Crippen LogP contribution in [0.25, 0.3) is 11.1 Å². The molecular formula is C12H5Cl4NO. The number of benzene rings is 1. The molecule has 0 bridgehead atoms. The lowest BCUT2D eigenvalue weighted by Crippen LogP contribution is -1.92. The van der Waals surface area contributed by atoms with Crippen molar-refractivity contribution >= 4 is 52.7 Å². The van der Waals surface area contributed by atoms with Gasteiger partial charge in [-0.25, -0.2) is 0 Å². The number of carbonyl (C=O) groups excluding carboxylic acids is 1. The second kappa shape index (κ2) is 5.45. The number of hydrogen-bond acceptors (Lipinski definition) is 2. The topological polar surface area (TPSA) is 30.0 Å². The molecule has 1 aromatic carbocycles. The molecule has 0 saturated carbocycles. The van der Waals surface area contributed by atoms with Gasteiger partial charge in [0.15, 0.2) is 6.29 Å². The molecule has 18 heavy (non-hydrogen) atoms. The highest BCUT2D eigenvalue weighted by atomic mass is 35.5. The van der Waals surface area contributed by atoms with Gasteiger partial charge in [0, 0.05) is 34.1 Å². The zero-order chi connectivity index (χ0) is 13.3. The van der Waals surface area contributed by atoms with Crippen LogP contribution in [0.5, 0.6) is 0 Å². The zero-order valence-electron chi connectivity index (χ0n) is 8.75. The predicted octanol–water partition coefficient (Wildman–Crippen LogP) is 5.17. The van der Waals surface area contributed by atoms with Crippen molar-refractivity contribution in [3.05, 3.63) is 50.2 Å². The van der Waals surface area contributed by atoms with Crippen LogP contribution in [0, 0.1) is 0 Å². The average Bonchev–Trinajstić information content (AvgIpc) is 2.33. The van der Waals surface area contributed by atoms with Gasteiger partial charge in [-0.1, -0.05) is 46.4 Å². The van der Waals surface area contributed by atoms with Gasteiger partial charge >= 0.3 is 0 Å². The third kappa shape index (κ3) is 2.47. The second-order valence-corrected chi connectivity index (χ2v) is 5.08. The highest BCUT2D eigenvalue weighted by molar-refractivity contribution is 6.45. The molecule has 92 valence electrons. The van der Waals surface area contributed by atoms with Crippen molar-refractivity contribution in [3.63, 3.8) is 0 Å². The fourth-order valence-corrected chi connectivity index (χ4v) is 2.44. The van der Waals surface area contributed by atoms with Crippen LogP contribution < -0.4 is 0 Å². The molecule has 1 heterocycles. The first kappa shape index (κ1) is 13.6. The van der Waals surface area contributed by atoms with Gasteiger partial charge in [0.2, 0.25) is 0 Å². The first-order valence-corrected chi connectivity index (χ1v) is 6.29. The molecule has 0 unspecified atom stereocenters. The lowest BCUT2D eigenvalue weighted by Gasteiger charge is -2.09. The van der Waals surface area contributed by atoms with Gasteiger partial charge in [0.05, 0.1) is 15.1 Å². The summed E-state index contributed by atoms with van der Waals surface area (Å²) in [6.07, 6.45) is 3.52. The third-order valence-electron chi connectivity index (χ3n) is 2.34. The molecular weight excluding hydrogens is 316 g/mol. The molecule has 0 aliphatic rings. The second-order valence-electron chi connectivity index (χ2n) is 3.45. The molecule has 2 rings (SSSR count). The van der Waals surface area contributed by atoms with Crippen LogP contribution in [0.1, 0.15) is 10.4 Å². The van der Waals surface area contributed by atoms with Crippen molar-refractivity contribution in [3.8, 4) is 11.1 Å². The van der Waals surface area contributed by atoms with E-state index in [-0.39, 0.29) is 5.02 Å². The SMILES string of the molecule is O=Cc1c(Cl)cncc1-c1cc(Cl)cc(Cl)c1Cl. The maximum Gasteiger partial charge on any atom is 0.152 e. The monoisotopic (exact) mass is 319 g/mol. The van der Waals surface area contributed by atoms with Crippen LogP contribution >= 0.6 is 46.4 Å². The van der Waals surface area contributed by atoms with E-state index in [1.165, 1.54) is 18.5 Å². The Hall–Kier alpha value is -0.800. The van der Waals surface area contributed by atoms with Crippen LogP contribution in [0.15, 0.2) is 24.5 Å². The summed E-state index contributed by atoms with van der Waals surface area (Å²) in [5.74, 6) is 0. The van der Waals surface area contributed by atoms with Crippen LogP contribution in [0.3, 0.4) is 0 Å². The molecule has 0 amide bonds. The minimum Gasteiger partial charge on any atom is -0.298 e. The summed E-state index contributed by atoms with van der Waals surface area (Å²) in [5, 5.41) is 1.26. The maximum absolute atomic E-state index is 11.1. The van der Waals surface area contributed by atoms with Crippen LogP contribution in [-0.2, 0) is 0 Å². The Kier molecular flexibility index (Phi) is 4.13. The molecule has 0 fully saturated rings. The molecule has 0 spiro atoms. The summed E-state index contributed by atoms with van der Waals surface area (Å²) in [4.78, 5) is 15.0. The summed E-state index contributed by atoms with van der Waals surface area (Å²) < 4.78 is 0. The number of aldehydes is 1. The lowest BCUT2D eigenvalue weighted by atomic mass is 10.0. The van der Waals surface area contributed by atoms with Gasteiger partial charge < -0.3 is 0 Å². The van der Waals surface area contributed by atoms with E-state index in [1.807, 2.05) is 0 Å². The Labute approximate surface area is 123 Å². The van der Waals surface area contributed by atoms with Gasteiger partial charge in [-0.15, -0.1) is 0 Å². The summed E-state index contributed by atoms with van der Waals surface area (Å²) in [7, 11) is 0. The smallest absolute Gasteiger partial charge is 0.152 e. The van der Waals surface area contributed by atoms with Gasteiger partial charge in [-0.2, -0.15) is 0 Å². The number of carbonyl (C=O) groups is 1. The minimum atomic E-state index is 0.245. The largest absolute Gasteiger partial charge is 0.298 e. The van der Waals surface area contributed by atoms with Crippen molar-refractivity contribution in [2.75, 3.05) is 0 Å². The van der Waals surface area contributed by atoms with E-state index in [0.717, 1.165) is 0 Å². The summed E-state index contributed by atoms with van der Waals surface area (Å²) in [5.41, 5.74) is 1.31. The number of hydrogen-bond donors (Lipinski definition) is 0. The van der Waals surface area contributed by atoms with Crippen molar-refractivity contribution in [2.24, 2.45) is 0 Å². The van der Waals surface area contributed by atoms with E-state index in [1.54, 1.807) is 6.07 Å². The predicted molar refractivity (Wildman–Crippen MR) is 75.1 cm³/mol. The molecule has 6 heteroatoms. The van der Waals surface area contributed by atoms with Crippen molar-refractivity contribution < 1.29 is 4.79 Å². The Bertz CT molecular complexity index is 628. The Morgan fingerprint density at radius 3 is 2.33 bits per heavy atom. The van der Waals surface area contributed by atoms with E-state index in [2.05, 4.69) is 4.98 Å². The van der Waals surface area contributed by atoms with Crippen LogP contribution in [0.2, 0.25) is 20.1 Å². The summed E-state index contributed by atoms with van der Waals surface area (Å²) in [6.45, 7) is 0. The van der Waals surface area contributed by atoms with Crippen LogP contribution in [-0.4, -0.2) is 11.3 Å². The maximum atomic E-state index is 11.1. The standard InChI is InChI=1S/C12H5Cl4NO/c13-6-1-7(12(16)10(14)2-6)8-3-17-4-11(15)9(8)5-18/h1-5H. The molecule has 0 aliphatic carbocycles. The molecule has 0 aliphatic heterocycles. The van der Waals surface area contributed by atoms with E-state index in [9.17, 15) is 4.79 Å². The zero-order valence-corrected chi connectivity index (χ0v) is 11.8. The van der Waals surface area contributed by atoms with Gasteiger partial charge in [-0.05, 0) is 12.1 Å². The normalized spacial score (nSPS) is 10.4. The van der Waals surface area contributed by atoms with Crippen LogP contribution in [0.4, 0.5) is 0 Å². The van der Waals surface area contributed by atoms with Crippen molar-refractivity contribution in [1.29, 1.82) is 0 Å². The highest BCUT2D eigenvalue weighted by Crippen LogP contribution is 2.38. The van der Waals surface area contributed by atoms with E-state index < -0.39 is 0 Å². The van der Waals surface area contributed by atoms with Gasteiger partial charge in [-0.3, -0.25) is 9.78 Å². The number of halogens is 4. The Morgan fingerprint density at radius 1 is 0.944 bits per heavy atom. The molecule has 1 aromatic heterocycles. The third-order valence-corrected chi connectivity index (χ3v) is 3.66. The van der Waals surface area contributed by atoms with Crippen molar-refractivity contribution in [1.82, 2.24) is 4.98 Å². The first-order valence-electron chi connectivity index (χ1n) is 4.78. The number of pyridine rings is 1. The minimum absolute atomic E-state index is 0.245. The summed E-state index contributed by atoms with van der Waals surface area (Å²) >= 11 is 23.9. The molecule has 2 nitrogen and oxygen atoms in total. The molecule has 0 radical (unpaired) electrons.